The summed E-state index contributed by atoms with van der Waals surface area (Å²) in [7, 11) is 11.0. The molecule has 0 aliphatic rings. The third kappa shape index (κ3) is 5.49. The molecule has 0 N–H and O–H groups in total. The molecule has 0 amide bonds. The van der Waals surface area contributed by atoms with E-state index in [4.69, 9.17) is 50.1 Å². The molecular weight excluding hydrogens is 520 g/mol. The summed E-state index contributed by atoms with van der Waals surface area (Å²) < 4.78 is 46.3. The molecule has 0 bridgehead atoms. The van der Waals surface area contributed by atoms with Gasteiger partial charge in [0.05, 0.1) is 60.5 Å². The number of hydrogen-bond donors (Lipinski definition) is 0. The van der Waals surface area contributed by atoms with E-state index in [1.165, 1.54) is 0 Å². The van der Waals surface area contributed by atoms with Gasteiger partial charge < -0.3 is 37.9 Å². The number of hydrogen-bond acceptors (Lipinski definition) is 9. The van der Waals surface area contributed by atoms with E-state index in [0.29, 0.717) is 62.1 Å². The topological polar surface area (TPSA) is 73.8 Å². The van der Waals surface area contributed by atoms with Crippen LogP contribution in [0.25, 0.3) is 10.8 Å². The molecule has 0 aliphatic carbocycles. The molecule has 0 radical (unpaired) electrons. The molecule has 3 rings (SSSR count). The Labute approximate surface area is 235 Å². The lowest BCUT2D eigenvalue weighted by Gasteiger charge is -2.34. The van der Waals surface area contributed by atoms with Crippen LogP contribution in [0.3, 0.4) is 0 Å². The summed E-state index contributed by atoms with van der Waals surface area (Å²) in [6.07, 6.45) is 1.17. The lowest BCUT2D eigenvalue weighted by Crippen LogP contribution is -2.25. The lowest BCUT2D eigenvalue weighted by atomic mass is 9.81. The average molecular weight is 557 g/mol. The maximum atomic E-state index is 6.57. The van der Waals surface area contributed by atoms with Gasteiger partial charge >= 0.3 is 0 Å². The Kier molecular flexibility index (Phi) is 9.40. The zero-order valence-corrected chi connectivity index (χ0v) is 24.7. The zero-order valence-electron chi connectivity index (χ0n) is 23.9. The Hall–Kier alpha value is -3.85. The second-order valence-corrected chi connectivity index (χ2v) is 9.52. The molecule has 0 saturated carbocycles. The highest BCUT2D eigenvalue weighted by molar-refractivity contribution is 7.80. The van der Waals surface area contributed by atoms with Crippen LogP contribution in [0.1, 0.15) is 31.1 Å². The monoisotopic (exact) mass is 556 g/mol. The van der Waals surface area contributed by atoms with Gasteiger partial charge in [-0.3, -0.25) is 0 Å². The van der Waals surface area contributed by atoms with Crippen LogP contribution in [0.5, 0.6) is 40.2 Å². The fourth-order valence-corrected chi connectivity index (χ4v) is 4.68. The van der Waals surface area contributed by atoms with Gasteiger partial charge in [0.25, 0.3) is 0 Å². The normalized spacial score (nSPS) is 11.8. The molecular formula is C30H36O8S. The van der Waals surface area contributed by atoms with Crippen molar-refractivity contribution in [3.63, 3.8) is 0 Å². The lowest BCUT2D eigenvalue weighted by molar-refractivity contribution is 0.0973. The summed E-state index contributed by atoms with van der Waals surface area (Å²) in [4.78, 5) is 0. The van der Waals surface area contributed by atoms with Gasteiger partial charge in [0, 0.05) is 16.5 Å². The van der Waals surface area contributed by atoms with E-state index < -0.39 is 11.5 Å². The van der Waals surface area contributed by atoms with E-state index in [1.54, 1.807) is 61.9 Å². The Morgan fingerprint density at radius 1 is 0.692 bits per heavy atom. The van der Waals surface area contributed by atoms with Crippen molar-refractivity contribution in [2.75, 3.05) is 49.8 Å². The molecule has 1 unspecified atom stereocenters. The number of fused-ring (bicyclic) bond motifs is 1. The number of methoxy groups -OCH3 is 7. The predicted octanol–water partition coefficient (Wildman–Crippen LogP) is 6.55. The van der Waals surface area contributed by atoms with Crippen LogP contribution >= 0.6 is 12.2 Å². The third-order valence-corrected chi connectivity index (χ3v) is 6.96. The second kappa shape index (κ2) is 12.3. The Bertz CT molecular complexity index is 1340. The van der Waals surface area contributed by atoms with Crippen LogP contribution in [0.4, 0.5) is 0 Å². The minimum atomic E-state index is -0.647. The molecule has 0 aliphatic heterocycles. The smallest absolute Gasteiger partial charge is 0.203 e. The minimum absolute atomic E-state index is 0.216. The van der Waals surface area contributed by atoms with E-state index >= 15 is 0 Å². The summed E-state index contributed by atoms with van der Waals surface area (Å²) in [5.74, 6) is 3.67. The Morgan fingerprint density at radius 3 is 1.62 bits per heavy atom. The standard InChI is InChI=1S/C30H36O8S/c1-11-30(2,3)28(38-29(39)17-14-22(34-7)27(37-10)23(15-17)35-8)18-16-21(33-6)24-19(31-4)12-13-20(32-5)25(24)26(18)36-9/h11-16,28H,1H2,2-10H3. The van der Waals surface area contributed by atoms with Crippen LogP contribution < -0.4 is 33.2 Å². The van der Waals surface area contributed by atoms with Gasteiger partial charge in [-0.2, -0.15) is 0 Å². The molecule has 0 fully saturated rings. The fourth-order valence-electron chi connectivity index (χ4n) is 4.47. The maximum absolute atomic E-state index is 6.57. The van der Waals surface area contributed by atoms with Gasteiger partial charge in [0.15, 0.2) is 16.5 Å². The van der Waals surface area contributed by atoms with Gasteiger partial charge in [-0.1, -0.05) is 19.9 Å². The first-order valence-corrected chi connectivity index (χ1v) is 12.5. The van der Waals surface area contributed by atoms with Gasteiger partial charge in [-0.05, 0) is 42.5 Å². The van der Waals surface area contributed by atoms with E-state index in [0.717, 1.165) is 0 Å². The van der Waals surface area contributed by atoms with Gasteiger partial charge in [0.2, 0.25) is 5.75 Å². The van der Waals surface area contributed by atoms with Crippen molar-refractivity contribution in [2.45, 2.75) is 20.0 Å². The van der Waals surface area contributed by atoms with Crippen molar-refractivity contribution in [2.24, 2.45) is 5.41 Å². The molecule has 0 saturated heterocycles. The summed E-state index contributed by atoms with van der Waals surface area (Å²) in [6, 6.07) is 9.00. The van der Waals surface area contributed by atoms with Crippen molar-refractivity contribution in [1.82, 2.24) is 0 Å². The van der Waals surface area contributed by atoms with Crippen molar-refractivity contribution < 1.29 is 37.9 Å². The van der Waals surface area contributed by atoms with Crippen molar-refractivity contribution in [1.29, 1.82) is 0 Å². The van der Waals surface area contributed by atoms with E-state index in [1.807, 2.05) is 38.1 Å². The Morgan fingerprint density at radius 2 is 1.18 bits per heavy atom. The zero-order chi connectivity index (χ0) is 28.9. The van der Waals surface area contributed by atoms with E-state index in [9.17, 15) is 0 Å². The molecule has 1 atom stereocenters. The van der Waals surface area contributed by atoms with Crippen LogP contribution in [-0.2, 0) is 4.74 Å². The first-order chi connectivity index (χ1) is 18.6. The molecule has 3 aromatic carbocycles. The van der Waals surface area contributed by atoms with Gasteiger partial charge in [-0.25, -0.2) is 0 Å². The highest BCUT2D eigenvalue weighted by Crippen LogP contribution is 2.51. The average Bonchev–Trinajstić information content (AvgIpc) is 2.97. The molecule has 39 heavy (non-hydrogen) atoms. The first-order valence-electron chi connectivity index (χ1n) is 12.1. The molecule has 9 heteroatoms. The third-order valence-electron chi connectivity index (χ3n) is 6.62. The fraction of sp³-hybridized carbons (Fsp3) is 0.367. The molecule has 0 aromatic heterocycles. The van der Waals surface area contributed by atoms with Gasteiger partial charge in [-0.15, -0.1) is 6.58 Å². The Balaban J connectivity index is 2.29. The number of ether oxygens (including phenoxy) is 8. The molecule has 0 heterocycles. The summed E-state index contributed by atoms with van der Waals surface area (Å²) >= 11 is 5.81. The maximum Gasteiger partial charge on any atom is 0.203 e. The van der Waals surface area contributed by atoms with E-state index in [2.05, 4.69) is 6.58 Å². The summed E-state index contributed by atoms with van der Waals surface area (Å²) in [5.41, 5.74) is 0.659. The van der Waals surface area contributed by atoms with Crippen molar-refractivity contribution in [3.05, 3.63) is 54.1 Å². The number of thiocarbonyl (C=S) groups is 1. The quantitative estimate of drug-likeness (QED) is 0.182. The SMILES string of the molecule is C=CC(C)(C)C(OC(=S)c1cc(OC)c(OC)c(OC)c1)c1cc(OC)c2c(OC)ccc(OC)c2c1OC. The number of rotatable bonds is 12. The second-order valence-electron chi connectivity index (χ2n) is 9.15. The number of benzene rings is 3. The highest BCUT2D eigenvalue weighted by atomic mass is 32.1. The van der Waals surface area contributed by atoms with Crippen molar-refractivity contribution in [3.8, 4) is 40.2 Å². The first kappa shape index (κ1) is 29.7. The summed E-state index contributed by atoms with van der Waals surface area (Å²) in [6.45, 7) is 8.06. The van der Waals surface area contributed by atoms with Gasteiger partial charge in [0.1, 0.15) is 29.1 Å². The van der Waals surface area contributed by atoms with Crippen LogP contribution in [0.2, 0.25) is 0 Å². The van der Waals surface area contributed by atoms with Crippen LogP contribution in [0.15, 0.2) is 43.0 Å². The highest BCUT2D eigenvalue weighted by Gasteiger charge is 2.36. The molecule has 8 nitrogen and oxygen atoms in total. The minimum Gasteiger partial charge on any atom is -0.496 e. The van der Waals surface area contributed by atoms with Crippen LogP contribution in [-0.4, -0.2) is 54.8 Å². The van der Waals surface area contributed by atoms with Crippen LogP contribution in [0, 0.1) is 5.41 Å². The molecule has 210 valence electrons. The largest absolute Gasteiger partial charge is 0.496 e. The summed E-state index contributed by atoms with van der Waals surface area (Å²) in [5, 5.41) is 1.61. The predicted molar refractivity (Wildman–Crippen MR) is 156 cm³/mol. The van der Waals surface area contributed by atoms with E-state index in [-0.39, 0.29) is 5.05 Å². The van der Waals surface area contributed by atoms with Crippen molar-refractivity contribution >= 4 is 28.0 Å². The molecule has 0 spiro atoms. The molecule has 3 aromatic rings.